The van der Waals surface area contributed by atoms with Crippen molar-refractivity contribution in [1.82, 2.24) is 4.72 Å². The predicted octanol–water partition coefficient (Wildman–Crippen LogP) is 0.908. The third-order valence-corrected chi connectivity index (χ3v) is 3.70. The molecule has 0 heterocycles. The second kappa shape index (κ2) is 5.43. The van der Waals surface area contributed by atoms with Gasteiger partial charge in [0.25, 0.3) is 0 Å². The average molecular weight is 243 g/mol. The maximum absolute atomic E-state index is 11.8. The lowest BCUT2D eigenvalue weighted by atomic mass is 10.2. The SMILES string of the molecule is CC(C)NS(=O)(=O)c1ccc(CCO)cc1. The number of sulfonamides is 1. The van der Waals surface area contributed by atoms with Crippen LogP contribution in [0.5, 0.6) is 0 Å². The van der Waals surface area contributed by atoms with Gasteiger partial charge in [-0.05, 0) is 38.0 Å². The van der Waals surface area contributed by atoms with Gasteiger partial charge in [-0.25, -0.2) is 13.1 Å². The van der Waals surface area contributed by atoms with Crippen LogP contribution in [0.2, 0.25) is 0 Å². The number of aliphatic hydroxyl groups is 1. The van der Waals surface area contributed by atoms with Gasteiger partial charge in [0, 0.05) is 12.6 Å². The molecule has 0 aliphatic rings. The number of benzene rings is 1. The Morgan fingerprint density at radius 3 is 2.25 bits per heavy atom. The smallest absolute Gasteiger partial charge is 0.240 e. The highest BCUT2D eigenvalue weighted by atomic mass is 32.2. The van der Waals surface area contributed by atoms with Gasteiger partial charge in [0.1, 0.15) is 0 Å². The Morgan fingerprint density at radius 2 is 1.81 bits per heavy atom. The lowest BCUT2D eigenvalue weighted by Crippen LogP contribution is -2.30. The van der Waals surface area contributed by atoms with Crippen molar-refractivity contribution in [2.24, 2.45) is 0 Å². The minimum Gasteiger partial charge on any atom is -0.396 e. The molecule has 90 valence electrons. The molecular formula is C11H17NO3S. The molecule has 0 fully saturated rings. The lowest BCUT2D eigenvalue weighted by molar-refractivity contribution is 0.299. The molecule has 0 aromatic heterocycles. The van der Waals surface area contributed by atoms with Crippen molar-refractivity contribution in [2.45, 2.75) is 31.2 Å². The first-order chi connectivity index (χ1) is 7.45. The Kier molecular flexibility index (Phi) is 4.46. The molecule has 1 aromatic rings. The zero-order chi connectivity index (χ0) is 12.2. The van der Waals surface area contributed by atoms with Gasteiger partial charge < -0.3 is 5.11 Å². The summed E-state index contributed by atoms with van der Waals surface area (Å²) < 4.78 is 26.0. The Balaban J connectivity index is 2.89. The number of rotatable bonds is 5. The van der Waals surface area contributed by atoms with Crippen LogP contribution in [0.25, 0.3) is 0 Å². The maximum Gasteiger partial charge on any atom is 0.240 e. The molecule has 4 nitrogen and oxygen atoms in total. The third kappa shape index (κ3) is 3.59. The van der Waals surface area contributed by atoms with E-state index in [0.717, 1.165) is 5.56 Å². The fraction of sp³-hybridized carbons (Fsp3) is 0.455. The highest BCUT2D eigenvalue weighted by Gasteiger charge is 2.14. The minimum absolute atomic E-state index is 0.0658. The molecule has 0 atom stereocenters. The first kappa shape index (κ1) is 13.2. The Labute approximate surface area is 96.4 Å². The van der Waals surface area contributed by atoms with Gasteiger partial charge in [-0.3, -0.25) is 0 Å². The molecule has 0 aliphatic heterocycles. The fourth-order valence-corrected chi connectivity index (χ4v) is 2.59. The van der Waals surface area contributed by atoms with Crippen LogP contribution < -0.4 is 4.72 Å². The van der Waals surface area contributed by atoms with E-state index in [-0.39, 0.29) is 17.5 Å². The van der Waals surface area contributed by atoms with Gasteiger partial charge in [0.2, 0.25) is 10.0 Å². The van der Waals surface area contributed by atoms with Crippen LogP contribution in [0, 0.1) is 0 Å². The first-order valence-corrected chi connectivity index (χ1v) is 6.66. The van der Waals surface area contributed by atoms with Crippen molar-refractivity contribution in [1.29, 1.82) is 0 Å². The summed E-state index contributed by atoms with van der Waals surface area (Å²) in [4.78, 5) is 0.253. The van der Waals surface area contributed by atoms with Crippen molar-refractivity contribution >= 4 is 10.0 Å². The maximum atomic E-state index is 11.8. The lowest BCUT2D eigenvalue weighted by Gasteiger charge is -2.09. The van der Waals surface area contributed by atoms with Crippen molar-refractivity contribution in [3.63, 3.8) is 0 Å². The normalized spacial score (nSPS) is 12.0. The van der Waals surface area contributed by atoms with Gasteiger partial charge in [-0.1, -0.05) is 12.1 Å². The summed E-state index contributed by atoms with van der Waals surface area (Å²) in [7, 11) is -3.40. The molecule has 1 rings (SSSR count). The number of nitrogens with one attached hydrogen (secondary N) is 1. The highest BCUT2D eigenvalue weighted by molar-refractivity contribution is 7.89. The van der Waals surface area contributed by atoms with Crippen molar-refractivity contribution in [2.75, 3.05) is 6.61 Å². The van der Waals surface area contributed by atoms with Gasteiger partial charge in [0.15, 0.2) is 0 Å². The quantitative estimate of drug-likeness (QED) is 0.807. The summed E-state index contributed by atoms with van der Waals surface area (Å²) in [6.45, 7) is 3.62. The molecule has 5 heteroatoms. The molecule has 0 amide bonds. The largest absolute Gasteiger partial charge is 0.396 e. The average Bonchev–Trinajstić information content (AvgIpc) is 2.17. The topological polar surface area (TPSA) is 66.4 Å². The van der Waals surface area contributed by atoms with Crippen LogP contribution in [0.4, 0.5) is 0 Å². The Bertz CT molecular complexity index is 423. The van der Waals surface area contributed by atoms with Gasteiger partial charge in [-0.2, -0.15) is 0 Å². The van der Waals surface area contributed by atoms with Crippen LogP contribution in [0.1, 0.15) is 19.4 Å². The summed E-state index contributed by atoms with van der Waals surface area (Å²) in [5.41, 5.74) is 0.922. The monoisotopic (exact) mass is 243 g/mol. The molecule has 0 aliphatic carbocycles. The molecule has 0 saturated heterocycles. The fourth-order valence-electron chi connectivity index (χ4n) is 1.34. The van der Waals surface area contributed by atoms with Crippen LogP contribution >= 0.6 is 0 Å². The molecule has 16 heavy (non-hydrogen) atoms. The van der Waals surface area contributed by atoms with Crippen LogP contribution in [-0.4, -0.2) is 26.2 Å². The zero-order valence-electron chi connectivity index (χ0n) is 9.47. The Hall–Kier alpha value is -0.910. The zero-order valence-corrected chi connectivity index (χ0v) is 10.3. The minimum atomic E-state index is -3.40. The van der Waals surface area contributed by atoms with Crippen LogP contribution in [-0.2, 0) is 16.4 Å². The number of aliphatic hydroxyl groups excluding tert-OH is 1. The van der Waals surface area contributed by atoms with E-state index in [0.29, 0.717) is 6.42 Å². The van der Waals surface area contributed by atoms with E-state index >= 15 is 0 Å². The third-order valence-electron chi connectivity index (χ3n) is 2.02. The van der Waals surface area contributed by atoms with E-state index in [9.17, 15) is 8.42 Å². The van der Waals surface area contributed by atoms with E-state index in [2.05, 4.69) is 4.72 Å². The second-order valence-electron chi connectivity index (χ2n) is 3.89. The molecule has 0 bridgehead atoms. The van der Waals surface area contributed by atoms with Gasteiger partial charge in [-0.15, -0.1) is 0 Å². The molecule has 2 N–H and O–H groups in total. The predicted molar refractivity (Wildman–Crippen MR) is 62.7 cm³/mol. The molecule has 0 spiro atoms. The van der Waals surface area contributed by atoms with Gasteiger partial charge in [0.05, 0.1) is 4.90 Å². The van der Waals surface area contributed by atoms with Crippen molar-refractivity contribution in [3.8, 4) is 0 Å². The van der Waals surface area contributed by atoms with E-state index in [1.54, 1.807) is 38.1 Å². The van der Waals surface area contributed by atoms with E-state index in [1.165, 1.54) is 0 Å². The van der Waals surface area contributed by atoms with Crippen molar-refractivity contribution in [3.05, 3.63) is 29.8 Å². The molecule has 0 radical (unpaired) electrons. The van der Waals surface area contributed by atoms with E-state index in [4.69, 9.17) is 5.11 Å². The number of hydrogen-bond acceptors (Lipinski definition) is 3. The first-order valence-electron chi connectivity index (χ1n) is 5.18. The van der Waals surface area contributed by atoms with E-state index < -0.39 is 10.0 Å². The summed E-state index contributed by atoms with van der Waals surface area (Å²) in [5.74, 6) is 0. The standard InChI is InChI=1S/C11H17NO3S/c1-9(2)12-16(14,15)11-5-3-10(4-6-11)7-8-13/h3-6,9,12-13H,7-8H2,1-2H3. The summed E-state index contributed by atoms with van der Waals surface area (Å²) in [5, 5.41) is 8.74. The summed E-state index contributed by atoms with van der Waals surface area (Å²) in [6, 6.07) is 6.41. The summed E-state index contributed by atoms with van der Waals surface area (Å²) >= 11 is 0. The van der Waals surface area contributed by atoms with Crippen molar-refractivity contribution < 1.29 is 13.5 Å². The molecular weight excluding hydrogens is 226 g/mol. The Morgan fingerprint density at radius 1 is 1.25 bits per heavy atom. The second-order valence-corrected chi connectivity index (χ2v) is 5.61. The molecule has 1 aromatic carbocycles. The van der Waals surface area contributed by atoms with Gasteiger partial charge >= 0.3 is 0 Å². The van der Waals surface area contributed by atoms with Crippen LogP contribution in [0.15, 0.2) is 29.2 Å². The molecule has 0 unspecified atom stereocenters. The number of hydrogen-bond donors (Lipinski definition) is 2. The molecule has 0 saturated carbocycles. The van der Waals surface area contributed by atoms with Crippen LogP contribution in [0.3, 0.4) is 0 Å². The summed E-state index contributed by atoms with van der Waals surface area (Å²) in [6.07, 6.45) is 0.540. The van der Waals surface area contributed by atoms with E-state index in [1.807, 2.05) is 0 Å². The highest BCUT2D eigenvalue weighted by Crippen LogP contribution is 2.11.